The van der Waals surface area contributed by atoms with Crippen molar-refractivity contribution in [2.45, 2.75) is 19.9 Å². The fourth-order valence-corrected chi connectivity index (χ4v) is 1.55. The van der Waals surface area contributed by atoms with Gasteiger partial charge < -0.3 is 9.84 Å². The molecule has 0 bridgehead atoms. The zero-order valence-corrected chi connectivity index (χ0v) is 10.1. The Balaban J connectivity index is 2.33. The summed E-state index contributed by atoms with van der Waals surface area (Å²) in [5, 5.41) is 6.37. The van der Waals surface area contributed by atoms with E-state index < -0.39 is 0 Å². The number of hydrogen-bond acceptors (Lipinski definition) is 3. The SMILES string of the molecule is CC(C)NC(=O)c1cnoc1-c1ccc(F)cc1. The number of carbonyl (C=O) groups is 1. The second-order valence-electron chi connectivity index (χ2n) is 4.20. The topological polar surface area (TPSA) is 55.1 Å². The number of aromatic nitrogens is 1. The second kappa shape index (κ2) is 5.00. The zero-order valence-electron chi connectivity index (χ0n) is 10.1. The molecule has 0 saturated heterocycles. The third kappa shape index (κ3) is 2.56. The third-order valence-electron chi connectivity index (χ3n) is 2.34. The molecule has 5 heteroatoms. The van der Waals surface area contributed by atoms with Crippen LogP contribution in [-0.4, -0.2) is 17.1 Å². The van der Waals surface area contributed by atoms with Crippen LogP contribution in [0.2, 0.25) is 0 Å². The first-order valence-corrected chi connectivity index (χ1v) is 5.59. The number of halogens is 1. The number of benzene rings is 1. The van der Waals surface area contributed by atoms with Crippen LogP contribution >= 0.6 is 0 Å². The minimum Gasteiger partial charge on any atom is -0.355 e. The zero-order chi connectivity index (χ0) is 13.1. The first-order valence-electron chi connectivity index (χ1n) is 5.59. The lowest BCUT2D eigenvalue weighted by atomic mass is 10.1. The summed E-state index contributed by atoms with van der Waals surface area (Å²) in [4.78, 5) is 11.9. The number of hydrogen-bond donors (Lipinski definition) is 1. The summed E-state index contributed by atoms with van der Waals surface area (Å²) < 4.78 is 17.9. The predicted molar refractivity (Wildman–Crippen MR) is 64.5 cm³/mol. The summed E-state index contributed by atoms with van der Waals surface area (Å²) in [6.07, 6.45) is 1.36. The van der Waals surface area contributed by atoms with Crippen molar-refractivity contribution >= 4 is 5.91 Å². The summed E-state index contributed by atoms with van der Waals surface area (Å²) >= 11 is 0. The van der Waals surface area contributed by atoms with E-state index in [1.807, 2.05) is 13.8 Å². The van der Waals surface area contributed by atoms with Gasteiger partial charge in [-0.25, -0.2) is 4.39 Å². The Morgan fingerprint density at radius 3 is 2.61 bits per heavy atom. The molecule has 4 nitrogen and oxygen atoms in total. The highest BCUT2D eigenvalue weighted by molar-refractivity contribution is 5.99. The van der Waals surface area contributed by atoms with Gasteiger partial charge in [-0.05, 0) is 38.1 Å². The molecule has 1 aromatic heterocycles. The Hall–Kier alpha value is -2.17. The summed E-state index contributed by atoms with van der Waals surface area (Å²) in [6.45, 7) is 3.73. The molecular formula is C13H13FN2O2. The van der Waals surface area contributed by atoms with Gasteiger partial charge in [-0.15, -0.1) is 0 Å². The smallest absolute Gasteiger partial charge is 0.257 e. The fraction of sp³-hybridized carbons (Fsp3) is 0.231. The van der Waals surface area contributed by atoms with Crippen molar-refractivity contribution in [1.82, 2.24) is 10.5 Å². The van der Waals surface area contributed by atoms with Gasteiger partial charge >= 0.3 is 0 Å². The van der Waals surface area contributed by atoms with E-state index >= 15 is 0 Å². The van der Waals surface area contributed by atoms with E-state index in [1.54, 1.807) is 12.1 Å². The van der Waals surface area contributed by atoms with Crippen LogP contribution in [0, 0.1) is 5.82 Å². The van der Waals surface area contributed by atoms with Crippen molar-refractivity contribution in [3.63, 3.8) is 0 Å². The molecule has 1 heterocycles. The van der Waals surface area contributed by atoms with Crippen LogP contribution in [0.3, 0.4) is 0 Å². The minimum atomic E-state index is -0.341. The standard InChI is InChI=1S/C13H13FN2O2/c1-8(2)16-13(17)11-7-15-18-12(11)9-3-5-10(14)6-4-9/h3-8H,1-2H3,(H,16,17). The van der Waals surface area contributed by atoms with E-state index in [0.29, 0.717) is 16.9 Å². The summed E-state index contributed by atoms with van der Waals surface area (Å²) in [7, 11) is 0. The quantitative estimate of drug-likeness (QED) is 0.908. The third-order valence-corrected chi connectivity index (χ3v) is 2.34. The van der Waals surface area contributed by atoms with Gasteiger partial charge in [0, 0.05) is 11.6 Å². The summed E-state index contributed by atoms with van der Waals surface area (Å²) in [5.74, 6) is -0.259. The molecule has 1 N–H and O–H groups in total. The average molecular weight is 248 g/mol. The van der Waals surface area contributed by atoms with Gasteiger partial charge in [-0.3, -0.25) is 4.79 Å². The Bertz CT molecular complexity index is 546. The second-order valence-corrected chi connectivity index (χ2v) is 4.20. The lowest BCUT2D eigenvalue weighted by Gasteiger charge is -2.07. The van der Waals surface area contributed by atoms with Crippen molar-refractivity contribution in [2.75, 3.05) is 0 Å². The van der Waals surface area contributed by atoms with Crippen LogP contribution in [0.5, 0.6) is 0 Å². The first kappa shape index (κ1) is 12.3. The molecule has 0 unspecified atom stereocenters. The average Bonchev–Trinajstić information content (AvgIpc) is 2.78. The van der Waals surface area contributed by atoms with Gasteiger partial charge in [-0.1, -0.05) is 5.16 Å². The van der Waals surface area contributed by atoms with Crippen molar-refractivity contribution in [1.29, 1.82) is 0 Å². The molecule has 0 fully saturated rings. The van der Waals surface area contributed by atoms with Crippen LogP contribution in [0.1, 0.15) is 24.2 Å². The lowest BCUT2D eigenvalue weighted by Crippen LogP contribution is -2.30. The predicted octanol–water partition coefficient (Wildman–Crippen LogP) is 2.62. The number of carbonyl (C=O) groups excluding carboxylic acids is 1. The molecule has 0 aliphatic heterocycles. The molecule has 0 aliphatic rings. The number of amides is 1. The van der Waals surface area contributed by atoms with Crippen molar-refractivity contribution in [3.05, 3.63) is 41.8 Å². The van der Waals surface area contributed by atoms with E-state index in [0.717, 1.165) is 0 Å². The van der Waals surface area contributed by atoms with E-state index in [9.17, 15) is 9.18 Å². The number of nitrogens with zero attached hydrogens (tertiary/aromatic N) is 1. The Morgan fingerprint density at radius 2 is 2.00 bits per heavy atom. The molecule has 18 heavy (non-hydrogen) atoms. The highest BCUT2D eigenvalue weighted by atomic mass is 19.1. The van der Waals surface area contributed by atoms with Gasteiger partial charge in [0.15, 0.2) is 5.76 Å². The molecule has 0 atom stereocenters. The molecule has 0 saturated carbocycles. The van der Waals surface area contributed by atoms with Crippen molar-refractivity contribution < 1.29 is 13.7 Å². The molecule has 94 valence electrons. The summed E-state index contributed by atoms with van der Waals surface area (Å²) in [6, 6.07) is 5.72. The largest absolute Gasteiger partial charge is 0.355 e. The molecule has 1 aromatic carbocycles. The van der Waals surface area contributed by atoms with Crippen LogP contribution in [0.15, 0.2) is 35.0 Å². The summed E-state index contributed by atoms with van der Waals surface area (Å²) in [5.41, 5.74) is 0.957. The molecule has 0 spiro atoms. The molecule has 0 aliphatic carbocycles. The van der Waals surface area contributed by atoms with E-state index in [1.165, 1.54) is 18.3 Å². The maximum absolute atomic E-state index is 12.8. The van der Waals surface area contributed by atoms with Crippen molar-refractivity contribution in [2.24, 2.45) is 0 Å². The molecule has 0 radical (unpaired) electrons. The maximum atomic E-state index is 12.8. The van der Waals surface area contributed by atoms with Crippen LogP contribution in [0.4, 0.5) is 4.39 Å². The first-order chi connectivity index (χ1) is 8.58. The molecule has 2 aromatic rings. The van der Waals surface area contributed by atoms with Crippen LogP contribution < -0.4 is 5.32 Å². The maximum Gasteiger partial charge on any atom is 0.257 e. The van der Waals surface area contributed by atoms with Gasteiger partial charge in [-0.2, -0.15) is 0 Å². The fourth-order valence-electron chi connectivity index (χ4n) is 1.55. The number of rotatable bonds is 3. The lowest BCUT2D eigenvalue weighted by molar-refractivity contribution is 0.0943. The Kier molecular flexibility index (Phi) is 3.41. The molecular weight excluding hydrogens is 235 g/mol. The monoisotopic (exact) mass is 248 g/mol. The highest BCUT2D eigenvalue weighted by Gasteiger charge is 2.18. The minimum absolute atomic E-state index is 0.0217. The Labute approximate surface area is 104 Å². The van der Waals surface area contributed by atoms with E-state index in [4.69, 9.17) is 4.52 Å². The highest BCUT2D eigenvalue weighted by Crippen LogP contribution is 2.23. The normalized spacial score (nSPS) is 10.7. The Morgan fingerprint density at radius 1 is 1.33 bits per heavy atom. The van der Waals surface area contributed by atoms with Gasteiger partial charge in [0.2, 0.25) is 0 Å². The molecule has 2 rings (SSSR count). The van der Waals surface area contributed by atoms with Gasteiger partial charge in [0.25, 0.3) is 5.91 Å². The van der Waals surface area contributed by atoms with Gasteiger partial charge in [0.05, 0.1) is 6.20 Å². The molecule has 1 amide bonds. The van der Waals surface area contributed by atoms with Gasteiger partial charge in [0.1, 0.15) is 11.4 Å². The van der Waals surface area contributed by atoms with Crippen molar-refractivity contribution in [3.8, 4) is 11.3 Å². The van der Waals surface area contributed by atoms with Crippen LogP contribution in [-0.2, 0) is 0 Å². The van der Waals surface area contributed by atoms with E-state index in [-0.39, 0.29) is 17.8 Å². The number of nitrogens with one attached hydrogen (secondary N) is 1. The van der Waals surface area contributed by atoms with Crippen LogP contribution in [0.25, 0.3) is 11.3 Å². The van der Waals surface area contributed by atoms with E-state index in [2.05, 4.69) is 10.5 Å².